The van der Waals surface area contributed by atoms with Crippen molar-refractivity contribution in [2.75, 3.05) is 42.9 Å². The van der Waals surface area contributed by atoms with E-state index in [0.29, 0.717) is 0 Å². The number of amides is 1. The zero-order valence-electron chi connectivity index (χ0n) is 15.2. The van der Waals surface area contributed by atoms with Gasteiger partial charge in [0, 0.05) is 36.0 Å². The van der Waals surface area contributed by atoms with Crippen molar-refractivity contribution in [3.63, 3.8) is 0 Å². The summed E-state index contributed by atoms with van der Waals surface area (Å²) < 4.78 is 14.6. The maximum absolute atomic E-state index is 13.7. The van der Waals surface area contributed by atoms with Crippen LogP contribution in [0.1, 0.15) is 0 Å². The van der Waals surface area contributed by atoms with Crippen LogP contribution in [-0.4, -0.2) is 48.5 Å². The van der Waals surface area contributed by atoms with Gasteiger partial charge in [-0.1, -0.05) is 24.3 Å². The molecule has 1 amide bonds. The number of para-hydroxylation sites is 2. The van der Waals surface area contributed by atoms with E-state index >= 15 is 0 Å². The van der Waals surface area contributed by atoms with Gasteiger partial charge in [0.25, 0.3) is 0 Å². The highest BCUT2D eigenvalue weighted by Crippen LogP contribution is 2.25. The minimum atomic E-state index is -0.422. The first kappa shape index (κ1) is 18.8. The van der Waals surface area contributed by atoms with Gasteiger partial charge < -0.3 is 10.2 Å². The second-order valence-corrected chi connectivity index (χ2v) is 7.63. The molecular formula is C21H20BrFN4O. The summed E-state index contributed by atoms with van der Waals surface area (Å²) in [6.07, 6.45) is 0. The van der Waals surface area contributed by atoms with Gasteiger partial charge in [-0.05, 0) is 46.3 Å². The van der Waals surface area contributed by atoms with Gasteiger partial charge in [0.05, 0.1) is 17.7 Å². The lowest BCUT2D eigenvalue weighted by Gasteiger charge is -2.35. The third kappa shape index (κ3) is 4.15. The number of nitrogens with zero attached hydrogens (tertiary/aromatic N) is 3. The number of aromatic nitrogens is 1. The van der Waals surface area contributed by atoms with Gasteiger partial charge in [0.2, 0.25) is 5.91 Å². The van der Waals surface area contributed by atoms with Crippen LogP contribution in [0.4, 0.5) is 15.9 Å². The monoisotopic (exact) mass is 442 g/mol. The standard InChI is InChI=1S/C21H20BrFN4O/c22-16-5-3-4-15-8-9-19(25-21(15)16)27-12-10-26(11-13-27)14-20(28)24-18-7-2-1-6-17(18)23/h1-9H,10-14H2,(H,24,28). The van der Waals surface area contributed by atoms with E-state index in [-0.39, 0.29) is 18.1 Å². The summed E-state index contributed by atoms with van der Waals surface area (Å²) in [7, 11) is 0. The van der Waals surface area contributed by atoms with Crippen LogP contribution in [0.3, 0.4) is 0 Å². The van der Waals surface area contributed by atoms with Crippen molar-refractivity contribution >= 4 is 44.2 Å². The number of carbonyl (C=O) groups excluding carboxylic acids is 1. The summed E-state index contributed by atoms with van der Waals surface area (Å²) >= 11 is 3.56. The van der Waals surface area contributed by atoms with Crippen molar-refractivity contribution in [2.24, 2.45) is 0 Å². The smallest absolute Gasteiger partial charge is 0.238 e. The van der Waals surface area contributed by atoms with E-state index in [9.17, 15) is 9.18 Å². The van der Waals surface area contributed by atoms with Crippen LogP contribution in [-0.2, 0) is 4.79 Å². The minimum Gasteiger partial charge on any atom is -0.354 e. The van der Waals surface area contributed by atoms with Gasteiger partial charge in [-0.3, -0.25) is 9.69 Å². The Bertz CT molecular complexity index is 1000. The highest BCUT2D eigenvalue weighted by molar-refractivity contribution is 9.10. The average molecular weight is 443 g/mol. The van der Waals surface area contributed by atoms with E-state index in [2.05, 4.69) is 37.1 Å². The van der Waals surface area contributed by atoms with Crippen LogP contribution >= 0.6 is 15.9 Å². The number of pyridine rings is 1. The van der Waals surface area contributed by atoms with Crippen molar-refractivity contribution in [3.05, 3.63) is 64.9 Å². The fourth-order valence-electron chi connectivity index (χ4n) is 3.37. The number of nitrogens with one attached hydrogen (secondary N) is 1. The van der Waals surface area contributed by atoms with Crippen LogP contribution < -0.4 is 10.2 Å². The quantitative estimate of drug-likeness (QED) is 0.665. The van der Waals surface area contributed by atoms with Gasteiger partial charge in [0.1, 0.15) is 11.6 Å². The lowest BCUT2D eigenvalue weighted by atomic mass is 10.2. The summed E-state index contributed by atoms with van der Waals surface area (Å²) in [5, 5.41) is 3.74. The van der Waals surface area contributed by atoms with E-state index in [1.165, 1.54) is 6.07 Å². The molecule has 0 bridgehead atoms. The molecule has 7 heteroatoms. The second-order valence-electron chi connectivity index (χ2n) is 6.77. The molecule has 0 atom stereocenters. The normalized spacial score (nSPS) is 15.0. The lowest BCUT2D eigenvalue weighted by molar-refractivity contribution is -0.117. The average Bonchev–Trinajstić information content (AvgIpc) is 2.70. The predicted molar refractivity (Wildman–Crippen MR) is 113 cm³/mol. The highest BCUT2D eigenvalue weighted by atomic mass is 79.9. The molecule has 0 aliphatic carbocycles. The van der Waals surface area contributed by atoms with Crippen molar-refractivity contribution in [3.8, 4) is 0 Å². The fraction of sp³-hybridized carbons (Fsp3) is 0.238. The summed E-state index contributed by atoms with van der Waals surface area (Å²) in [6.45, 7) is 3.32. The Morgan fingerprint density at radius 3 is 2.61 bits per heavy atom. The number of carbonyl (C=O) groups is 1. The molecule has 1 aliphatic rings. The molecule has 4 rings (SSSR count). The Hall–Kier alpha value is -2.51. The molecule has 0 saturated carbocycles. The number of rotatable bonds is 4. The van der Waals surface area contributed by atoms with Gasteiger partial charge >= 0.3 is 0 Å². The second kappa shape index (κ2) is 8.24. The maximum atomic E-state index is 13.7. The van der Waals surface area contributed by atoms with E-state index in [1.807, 2.05) is 24.3 Å². The Labute approximate surface area is 171 Å². The van der Waals surface area contributed by atoms with E-state index in [1.54, 1.807) is 18.2 Å². The maximum Gasteiger partial charge on any atom is 0.238 e. The van der Waals surface area contributed by atoms with Gasteiger partial charge in [-0.15, -0.1) is 0 Å². The van der Waals surface area contributed by atoms with Crippen LogP contribution in [0.2, 0.25) is 0 Å². The number of hydrogen-bond acceptors (Lipinski definition) is 4. The minimum absolute atomic E-state index is 0.202. The first-order chi connectivity index (χ1) is 13.6. The SMILES string of the molecule is O=C(CN1CCN(c2ccc3cccc(Br)c3n2)CC1)Nc1ccccc1F. The van der Waals surface area contributed by atoms with Crippen molar-refractivity contribution < 1.29 is 9.18 Å². The largest absolute Gasteiger partial charge is 0.354 e. The molecule has 3 aromatic rings. The molecule has 28 heavy (non-hydrogen) atoms. The third-order valence-electron chi connectivity index (χ3n) is 4.87. The molecule has 1 fully saturated rings. The first-order valence-electron chi connectivity index (χ1n) is 9.17. The molecule has 1 N–H and O–H groups in total. The van der Waals surface area contributed by atoms with Crippen LogP contribution in [0.15, 0.2) is 59.1 Å². The predicted octanol–water partition coefficient (Wildman–Crippen LogP) is 3.90. The Balaban J connectivity index is 1.35. The molecular weight excluding hydrogens is 423 g/mol. The van der Waals surface area contributed by atoms with Crippen LogP contribution in [0.5, 0.6) is 0 Å². The molecule has 2 heterocycles. The van der Waals surface area contributed by atoms with Crippen molar-refractivity contribution in [1.82, 2.24) is 9.88 Å². The molecule has 1 saturated heterocycles. The Morgan fingerprint density at radius 2 is 1.82 bits per heavy atom. The number of fused-ring (bicyclic) bond motifs is 1. The van der Waals surface area contributed by atoms with Crippen molar-refractivity contribution in [1.29, 1.82) is 0 Å². The Morgan fingerprint density at radius 1 is 1.04 bits per heavy atom. The molecule has 0 radical (unpaired) electrons. The molecule has 2 aromatic carbocycles. The third-order valence-corrected chi connectivity index (χ3v) is 5.51. The number of piperazine rings is 1. The van der Waals surface area contributed by atoms with Crippen LogP contribution in [0, 0.1) is 5.82 Å². The highest BCUT2D eigenvalue weighted by Gasteiger charge is 2.20. The van der Waals surface area contributed by atoms with E-state index in [4.69, 9.17) is 4.98 Å². The summed E-state index contributed by atoms with van der Waals surface area (Å²) in [6, 6.07) is 16.4. The van der Waals surface area contributed by atoms with Gasteiger partial charge in [-0.25, -0.2) is 9.37 Å². The molecule has 0 unspecified atom stereocenters. The lowest BCUT2D eigenvalue weighted by Crippen LogP contribution is -2.49. The zero-order valence-corrected chi connectivity index (χ0v) is 16.8. The zero-order chi connectivity index (χ0) is 19.5. The number of halogens is 2. The summed E-state index contributed by atoms with van der Waals surface area (Å²) in [5.41, 5.74) is 1.17. The van der Waals surface area contributed by atoms with E-state index < -0.39 is 5.82 Å². The van der Waals surface area contributed by atoms with E-state index in [0.717, 1.165) is 47.4 Å². The molecule has 5 nitrogen and oxygen atoms in total. The number of hydrogen-bond donors (Lipinski definition) is 1. The molecule has 1 aromatic heterocycles. The molecule has 1 aliphatic heterocycles. The summed E-state index contributed by atoms with van der Waals surface area (Å²) in [5.74, 6) is 0.315. The topological polar surface area (TPSA) is 48.5 Å². The number of benzene rings is 2. The van der Waals surface area contributed by atoms with Gasteiger partial charge in [-0.2, -0.15) is 0 Å². The first-order valence-corrected chi connectivity index (χ1v) is 9.96. The molecule has 0 spiro atoms. The summed E-state index contributed by atoms with van der Waals surface area (Å²) in [4.78, 5) is 21.3. The number of anilines is 2. The van der Waals surface area contributed by atoms with Crippen molar-refractivity contribution in [2.45, 2.75) is 0 Å². The fourth-order valence-corrected chi connectivity index (χ4v) is 3.84. The van der Waals surface area contributed by atoms with Crippen LogP contribution in [0.25, 0.3) is 10.9 Å². The van der Waals surface area contributed by atoms with Gasteiger partial charge in [0.15, 0.2) is 0 Å². The Kier molecular flexibility index (Phi) is 5.54. The molecule has 144 valence electrons.